The van der Waals surface area contributed by atoms with Crippen LogP contribution in [0.3, 0.4) is 0 Å². The third kappa shape index (κ3) is 5.23. The Balaban J connectivity index is 1.90. The van der Waals surface area contributed by atoms with Crippen molar-refractivity contribution in [3.8, 4) is 0 Å². The van der Waals surface area contributed by atoms with Crippen LogP contribution in [0.4, 0.5) is 0 Å². The predicted octanol–water partition coefficient (Wildman–Crippen LogP) is 0.733. The van der Waals surface area contributed by atoms with Crippen molar-refractivity contribution in [2.24, 2.45) is 5.92 Å². The molecule has 1 heterocycles. The first-order chi connectivity index (χ1) is 10.0. The molecule has 2 aliphatic rings. The largest absolute Gasteiger partial charge is 0.466 e. The van der Waals surface area contributed by atoms with E-state index in [1.807, 2.05) is 0 Å². The van der Waals surface area contributed by atoms with Gasteiger partial charge in [-0.05, 0) is 51.6 Å². The Morgan fingerprint density at radius 3 is 2.48 bits per heavy atom. The molecule has 1 N–H and O–H groups in total. The maximum atomic E-state index is 12.5. The Hall–Kier alpha value is -0.660. The molecule has 0 radical (unpaired) electrons. The molecule has 0 aromatic heterocycles. The summed E-state index contributed by atoms with van der Waals surface area (Å²) in [5.74, 6) is -0.129. The van der Waals surface area contributed by atoms with E-state index in [2.05, 4.69) is 5.32 Å². The van der Waals surface area contributed by atoms with E-state index in [1.54, 1.807) is 11.2 Å². The molecule has 7 heteroatoms. The van der Waals surface area contributed by atoms with Crippen LogP contribution in [0.5, 0.6) is 0 Å². The summed E-state index contributed by atoms with van der Waals surface area (Å²) >= 11 is 0. The second kappa shape index (κ2) is 7.56. The third-order valence-electron chi connectivity index (χ3n) is 4.08. The summed E-state index contributed by atoms with van der Waals surface area (Å²) in [7, 11) is -3.36. The zero-order valence-electron chi connectivity index (χ0n) is 12.7. The number of hydrogen-bond acceptors (Lipinski definition) is 5. The van der Waals surface area contributed by atoms with Gasteiger partial charge in [0.25, 0.3) is 0 Å². The Kier molecular flexibility index (Phi) is 6.01. The number of hydrogen-bond donors (Lipinski definition) is 1. The molecule has 6 nitrogen and oxygen atoms in total. The van der Waals surface area contributed by atoms with Crippen molar-refractivity contribution in [2.45, 2.75) is 45.1 Å². The highest BCUT2D eigenvalue weighted by Crippen LogP contribution is 2.31. The number of carbonyl (C=O) groups excluding carboxylic acids is 1. The van der Waals surface area contributed by atoms with Gasteiger partial charge >= 0.3 is 5.97 Å². The first-order valence-electron chi connectivity index (χ1n) is 7.88. The van der Waals surface area contributed by atoms with Gasteiger partial charge < -0.3 is 10.1 Å². The maximum Gasteiger partial charge on any atom is 0.306 e. The Morgan fingerprint density at radius 2 is 1.90 bits per heavy atom. The molecule has 1 saturated carbocycles. The van der Waals surface area contributed by atoms with Gasteiger partial charge in [-0.1, -0.05) is 0 Å². The van der Waals surface area contributed by atoms with E-state index in [4.69, 9.17) is 4.74 Å². The van der Waals surface area contributed by atoms with Crippen LogP contribution >= 0.6 is 0 Å². The quantitative estimate of drug-likeness (QED) is 0.668. The van der Waals surface area contributed by atoms with Crippen LogP contribution in [0.25, 0.3) is 0 Å². The lowest BCUT2D eigenvalue weighted by atomic mass is 9.98. The Bertz CT molecular complexity index is 442. The van der Waals surface area contributed by atoms with E-state index in [1.165, 1.54) is 0 Å². The van der Waals surface area contributed by atoms with Crippen LogP contribution in [0.15, 0.2) is 0 Å². The van der Waals surface area contributed by atoms with E-state index in [9.17, 15) is 13.2 Å². The lowest BCUT2D eigenvalue weighted by Crippen LogP contribution is -2.41. The number of esters is 1. The average molecular weight is 318 g/mol. The SMILES string of the molecule is CCOC(=O)CCS(=O)(=O)N(CC1CCNCC1)C1CC1. The number of nitrogens with zero attached hydrogens (tertiary/aromatic N) is 1. The number of nitrogens with one attached hydrogen (secondary N) is 1. The molecule has 1 aliphatic heterocycles. The number of ether oxygens (including phenoxy) is 1. The van der Waals surface area contributed by atoms with Crippen molar-refractivity contribution in [2.75, 3.05) is 32.0 Å². The van der Waals surface area contributed by atoms with Crippen molar-refractivity contribution in [1.82, 2.24) is 9.62 Å². The van der Waals surface area contributed by atoms with Gasteiger partial charge in [0.15, 0.2) is 0 Å². The van der Waals surface area contributed by atoms with Gasteiger partial charge in [-0.2, -0.15) is 4.31 Å². The van der Waals surface area contributed by atoms with Crippen LogP contribution in [-0.4, -0.2) is 56.7 Å². The minimum Gasteiger partial charge on any atom is -0.466 e. The molecule has 0 spiro atoms. The summed E-state index contributed by atoms with van der Waals surface area (Å²) in [6.07, 6.45) is 3.89. The summed E-state index contributed by atoms with van der Waals surface area (Å²) < 4.78 is 31.5. The Labute approximate surface area is 127 Å². The lowest BCUT2D eigenvalue weighted by molar-refractivity contribution is -0.142. The smallest absolute Gasteiger partial charge is 0.306 e. The van der Waals surface area contributed by atoms with Crippen molar-refractivity contribution in [3.05, 3.63) is 0 Å². The molecule has 0 aromatic carbocycles. The molecule has 1 saturated heterocycles. The van der Waals surface area contributed by atoms with Gasteiger partial charge in [0.1, 0.15) is 0 Å². The third-order valence-corrected chi connectivity index (χ3v) is 5.96. The van der Waals surface area contributed by atoms with E-state index in [-0.39, 0.29) is 18.2 Å². The summed E-state index contributed by atoms with van der Waals surface area (Å²) in [5, 5.41) is 3.30. The highest BCUT2D eigenvalue weighted by atomic mass is 32.2. The monoisotopic (exact) mass is 318 g/mol. The molecular weight excluding hydrogens is 292 g/mol. The molecule has 0 amide bonds. The highest BCUT2D eigenvalue weighted by molar-refractivity contribution is 7.89. The van der Waals surface area contributed by atoms with Crippen LogP contribution < -0.4 is 5.32 Å². The standard InChI is InChI=1S/C14H26N2O4S/c1-2-20-14(17)7-10-21(18,19)16(13-3-4-13)11-12-5-8-15-9-6-12/h12-13,15H,2-11H2,1H3. The normalized spacial score (nSPS) is 20.7. The van der Waals surface area contributed by atoms with Gasteiger partial charge in [-0.3, -0.25) is 4.79 Å². The molecule has 122 valence electrons. The highest BCUT2D eigenvalue weighted by Gasteiger charge is 2.38. The van der Waals surface area contributed by atoms with Crippen molar-refractivity contribution in [1.29, 1.82) is 0 Å². The molecule has 0 bridgehead atoms. The number of rotatable bonds is 8. The van der Waals surface area contributed by atoms with Gasteiger partial charge in [0.05, 0.1) is 18.8 Å². The first kappa shape index (κ1) is 16.7. The van der Waals surface area contributed by atoms with Gasteiger partial charge in [0.2, 0.25) is 10.0 Å². The molecule has 0 aromatic rings. The fourth-order valence-electron chi connectivity index (χ4n) is 2.73. The first-order valence-corrected chi connectivity index (χ1v) is 9.49. The average Bonchev–Trinajstić information content (AvgIpc) is 3.28. The van der Waals surface area contributed by atoms with E-state index < -0.39 is 16.0 Å². The van der Waals surface area contributed by atoms with E-state index in [0.29, 0.717) is 19.1 Å². The maximum absolute atomic E-state index is 12.5. The molecule has 2 rings (SSSR count). The van der Waals surface area contributed by atoms with E-state index in [0.717, 1.165) is 38.8 Å². The van der Waals surface area contributed by atoms with Crippen molar-refractivity contribution < 1.29 is 17.9 Å². The fourth-order valence-corrected chi connectivity index (χ4v) is 4.50. The van der Waals surface area contributed by atoms with Gasteiger partial charge in [-0.25, -0.2) is 8.42 Å². The predicted molar refractivity (Wildman–Crippen MR) is 80.4 cm³/mol. The molecule has 0 atom stereocenters. The van der Waals surface area contributed by atoms with E-state index >= 15 is 0 Å². The van der Waals surface area contributed by atoms with Crippen LogP contribution in [0.2, 0.25) is 0 Å². The minimum absolute atomic E-state index is 0.0500. The summed E-state index contributed by atoms with van der Waals surface area (Å²) in [6.45, 7) is 4.55. The van der Waals surface area contributed by atoms with Crippen LogP contribution in [0.1, 0.15) is 39.0 Å². The molecular formula is C14H26N2O4S. The summed E-state index contributed by atoms with van der Waals surface area (Å²) in [6, 6.07) is 0.159. The molecule has 2 fully saturated rings. The fraction of sp³-hybridized carbons (Fsp3) is 0.929. The van der Waals surface area contributed by atoms with Gasteiger partial charge in [0, 0.05) is 12.6 Å². The molecule has 0 unspecified atom stereocenters. The van der Waals surface area contributed by atoms with Crippen molar-refractivity contribution in [3.63, 3.8) is 0 Å². The second-order valence-electron chi connectivity index (χ2n) is 5.87. The van der Waals surface area contributed by atoms with Crippen LogP contribution in [0, 0.1) is 5.92 Å². The minimum atomic E-state index is -3.36. The molecule has 1 aliphatic carbocycles. The van der Waals surface area contributed by atoms with Crippen LogP contribution in [-0.2, 0) is 19.6 Å². The number of sulfonamides is 1. The van der Waals surface area contributed by atoms with Gasteiger partial charge in [-0.15, -0.1) is 0 Å². The molecule has 21 heavy (non-hydrogen) atoms. The number of piperidine rings is 1. The zero-order valence-corrected chi connectivity index (χ0v) is 13.5. The van der Waals surface area contributed by atoms with Crippen molar-refractivity contribution >= 4 is 16.0 Å². The summed E-state index contributed by atoms with van der Waals surface area (Å²) in [4.78, 5) is 11.4. The lowest BCUT2D eigenvalue weighted by Gasteiger charge is -2.29. The topological polar surface area (TPSA) is 75.7 Å². The Morgan fingerprint density at radius 1 is 1.24 bits per heavy atom. The second-order valence-corrected chi connectivity index (χ2v) is 7.91. The zero-order chi connectivity index (χ0) is 15.3. The number of carbonyl (C=O) groups is 1. The summed E-state index contributed by atoms with van der Waals surface area (Å²) in [5.41, 5.74) is 0.